The van der Waals surface area contributed by atoms with Crippen molar-refractivity contribution in [3.05, 3.63) is 59.8 Å². The lowest BCUT2D eigenvalue weighted by molar-refractivity contribution is 0.261. The zero-order valence-electron chi connectivity index (χ0n) is 9.57. The fourth-order valence-corrected chi connectivity index (χ4v) is 2.11. The van der Waals surface area contributed by atoms with Gasteiger partial charge in [-0.25, -0.2) is 0 Å². The van der Waals surface area contributed by atoms with Gasteiger partial charge in [0.2, 0.25) is 0 Å². The number of aryl methyl sites for hydroxylation is 1. The van der Waals surface area contributed by atoms with Gasteiger partial charge >= 0.3 is 0 Å². The lowest BCUT2D eigenvalue weighted by Crippen LogP contribution is -2.37. The molecule has 0 spiro atoms. The number of hydrogen-bond acceptors (Lipinski definition) is 1. The molecule has 1 aliphatic heterocycles. The first-order valence-electron chi connectivity index (χ1n) is 5.30. The Kier molecular flexibility index (Phi) is 2.39. The van der Waals surface area contributed by atoms with E-state index in [1.165, 1.54) is 11.1 Å². The molecule has 0 radical (unpaired) electrons. The molecule has 1 atom stereocenters. The summed E-state index contributed by atoms with van der Waals surface area (Å²) < 4.78 is 0. The van der Waals surface area contributed by atoms with Gasteiger partial charge in [0, 0.05) is 7.05 Å². The lowest BCUT2D eigenvalue weighted by Gasteiger charge is -2.39. The van der Waals surface area contributed by atoms with Gasteiger partial charge in [-0.2, -0.15) is 0 Å². The Morgan fingerprint density at radius 3 is 2.53 bits per heavy atom. The van der Waals surface area contributed by atoms with Crippen molar-refractivity contribution in [2.75, 3.05) is 7.05 Å². The molecule has 1 heteroatoms. The minimum absolute atomic E-state index is 0.0138. The fraction of sp³-hybridized carbons (Fsp3) is 0.286. The van der Waals surface area contributed by atoms with Gasteiger partial charge in [-0.1, -0.05) is 36.4 Å². The van der Waals surface area contributed by atoms with Crippen molar-refractivity contribution in [1.29, 1.82) is 0 Å². The van der Waals surface area contributed by atoms with E-state index in [2.05, 4.69) is 74.5 Å². The molecule has 0 aliphatic carbocycles. The molecule has 0 N–H and O–H groups in total. The first kappa shape index (κ1) is 10.0. The molecule has 1 nitrogen and oxygen atoms in total. The van der Waals surface area contributed by atoms with Crippen LogP contribution in [0.25, 0.3) is 0 Å². The van der Waals surface area contributed by atoms with Gasteiger partial charge in [-0.05, 0) is 37.3 Å². The highest BCUT2D eigenvalue weighted by Gasteiger charge is 2.28. The van der Waals surface area contributed by atoms with Crippen LogP contribution in [0.2, 0.25) is 0 Å². The third kappa shape index (κ3) is 1.58. The number of nitrogens with zero attached hydrogens (tertiary/aromatic N) is 1. The Labute approximate surface area is 91.7 Å². The Balaban J connectivity index is 2.50. The SMILES string of the molecule is Cc1ccccc1C1(C)C=CC=CN1C. The quantitative estimate of drug-likeness (QED) is 0.671. The van der Waals surface area contributed by atoms with Crippen molar-refractivity contribution in [3.8, 4) is 0 Å². The Morgan fingerprint density at radius 1 is 1.13 bits per heavy atom. The van der Waals surface area contributed by atoms with Crippen LogP contribution in [0.3, 0.4) is 0 Å². The molecule has 78 valence electrons. The summed E-state index contributed by atoms with van der Waals surface area (Å²) in [5.74, 6) is 0. The summed E-state index contributed by atoms with van der Waals surface area (Å²) in [5.41, 5.74) is 2.69. The standard InChI is InChI=1S/C14H17N/c1-12-8-4-5-9-13(12)14(2)10-6-7-11-15(14)3/h4-11H,1-3H3. The number of rotatable bonds is 1. The molecule has 0 aromatic heterocycles. The summed E-state index contributed by atoms with van der Waals surface area (Å²) in [6.07, 6.45) is 8.55. The maximum absolute atomic E-state index is 2.25. The van der Waals surface area contributed by atoms with E-state index in [4.69, 9.17) is 0 Å². The van der Waals surface area contributed by atoms with Crippen molar-refractivity contribution < 1.29 is 0 Å². The molecule has 0 saturated heterocycles. The molecule has 1 heterocycles. The second-order valence-corrected chi connectivity index (χ2v) is 4.27. The van der Waals surface area contributed by atoms with E-state index >= 15 is 0 Å². The third-order valence-corrected chi connectivity index (χ3v) is 3.26. The van der Waals surface area contributed by atoms with Crippen LogP contribution in [0.5, 0.6) is 0 Å². The number of allylic oxidation sites excluding steroid dienone is 2. The summed E-state index contributed by atoms with van der Waals surface area (Å²) in [6.45, 7) is 4.41. The molecule has 1 aliphatic rings. The Morgan fingerprint density at radius 2 is 1.87 bits per heavy atom. The number of hydrogen-bond donors (Lipinski definition) is 0. The van der Waals surface area contributed by atoms with Crippen LogP contribution >= 0.6 is 0 Å². The van der Waals surface area contributed by atoms with Crippen molar-refractivity contribution >= 4 is 0 Å². The molecular formula is C14H17N. The van der Waals surface area contributed by atoms with E-state index in [9.17, 15) is 0 Å². The molecule has 0 bridgehead atoms. The average Bonchev–Trinajstić information content (AvgIpc) is 2.23. The molecule has 0 saturated carbocycles. The van der Waals surface area contributed by atoms with Crippen LogP contribution in [-0.2, 0) is 5.54 Å². The predicted octanol–water partition coefficient (Wildman–Crippen LogP) is 3.23. The first-order chi connectivity index (χ1) is 7.14. The van der Waals surface area contributed by atoms with Gasteiger partial charge in [0.05, 0.1) is 5.54 Å². The van der Waals surface area contributed by atoms with Crippen LogP contribution in [-0.4, -0.2) is 11.9 Å². The normalized spacial score (nSPS) is 24.6. The number of likely N-dealkylation sites (N-methyl/N-ethyl adjacent to an activating group) is 1. The number of benzene rings is 1. The summed E-state index contributed by atoms with van der Waals surface area (Å²) in [4.78, 5) is 2.25. The van der Waals surface area contributed by atoms with Crippen molar-refractivity contribution in [3.63, 3.8) is 0 Å². The maximum Gasteiger partial charge on any atom is 0.0805 e. The van der Waals surface area contributed by atoms with E-state index in [-0.39, 0.29) is 5.54 Å². The Hall–Kier alpha value is -1.50. The highest BCUT2D eigenvalue weighted by atomic mass is 15.1. The molecule has 0 amide bonds. The summed E-state index contributed by atoms with van der Waals surface area (Å²) in [5, 5.41) is 0. The minimum atomic E-state index is -0.0138. The first-order valence-corrected chi connectivity index (χ1v) is 5.30. The van der Waals surface area contributed by atoms with Gasteiger partial charge < -0.3 is 4.90 Å². The molecule has 2 rings (SSSR count). The van der Waals surface area contributed by atoms with Gasteiger partial charge in [0.1, 0.15) is 0 Å². The fourth-order valence-electron chi connectivity index (χ4n) is 2.11. The van der Waals surface area contributed by atoms with E-state index < -0.39 is 0 Å². The van der Waals surface area contributed by atoms with Crippen molar-refractivity contribution in [2.24, 2.45) is 0 Å². The second-order valence-electron chi connectivity index (χ2n) is 4.27. The molecule has 0 fully saturated rings. The maximum atomic E-state index is 2.25. The van der Waals surface area contributed by atoms with E-state index in [0.29, 0.717) is 0 Å². The van der Waals surface area contributed by atoms with Crippen LogP contribution in [0.1, 0.15) is 18.1 Å². The van der Waals surface area contributed by atoms with Crippen LogP contribution in [0.15, 0.2) is 48.7 Å². The molecular weight excluding hydrogens is 182 g/mol. The topological polar surface area (TPSA) is 3.24 Å². The largest absolute Gasteiger partial charge is 0.368 e. The average molecular weight is 199 g/mol. The zero-order valence-corrected chi connectivity index (χ0v) is 9.57. The van der Waals surface area contributed by atoms with E-state index in [0.717, 1.165) is 0 Å². The van der Waals surface area contributed by atoms with Crippen molar-refractivity contribution in [2.45, 2.75) is 19.4 Å². The van der Waals surface area contributed by atoms with Crippen LogP contribution in [0.4, 0.5) is 0 Å². The van der Waals surface area contributed by atoms with Crippen LogP contribution in [0, 0.1) is 6.92 Å². The van der Waals surface area contributed by atoms with Crippen LogP contribution < -0.4 is 0 Å². The van der Waals surface area contributed by atoms with Gasteiger partial charge in [0.25, 0.3) is 0 Å². The summed E-state index contributed by atoms with van der Waals surface area (Å²) in [6, 6.07) is 8.56. The smallest absolute Gasteiger partial charge is 0.0805 e. The van der Waals surface area contributed by atoms with E-state index in [1.807, 2.05) is 0 Å². The Bertz CT molecular complexity index is 417. The molecule has 15 heavy (non-hydrogen) atoms. The molecule has 1 aromatic rings. The van der Waals surface area contributed by atoms with Gasteiger partial charge in [-0.15, -0.1) is 0 Å². The molecule has 1 unspecified atom stereocenters. The highest BCUT2D eigenvalue weighted by molar-refractivity contribution is 5.38. The predicted molar refractivity (Wildman–Crippen MR) is 64.6 cm³/mol. The highest BCUT2D eigenvalue weighted by Crippen LogP contribution is 2.32. The lowest BCUT2D eigenvalue weighted by atomic mass is 9.86. The van der Waals surface area contributed by atoms with Gasteiger partial charge in [-0.3, -0.25) is 0 Å². The zero-order chi connectivity index (χ0) is 10.9. The van der Waals surface area contributed by atoms with Crippen molar-refractivity contribution in [1.82, 2.24) is 4.90 Å². The van der Waals surface area contributed by atoms with Gasteiger partial charge in [0.15, 0.2) is 0 Å². The molecule has 1 aromatic carbocycles. The summed E-state index contributed by atoms with van der Waals surface area (Å²) >= 11 is 0. The third-order valence-electron chi connectivity index (χ3n) is 3.26. The minimum Gasteiger partial charge on any atom is -0.368 e. The monoisotopic (exact) mass is 199 g/mol. The van der Waals surface area contributed by atoms with E-state index in [1.54, 1.807) is 0 Å². The summed E-state index contributed by atoms with van der Waals surface area (Å²) in [7, 11) is 2.12. The second kappa shape index (κ2) is 3.58.